The Morgan fingerprint density at radius 3 is 3.07 bits per heavy atom. The van der Waals surface area contributed by atoms with E-state index in [-0.39, 0.29) is 5.25 Å². The first kappa shape index (κ1) is 9.81. The summed E-state index contributed by atoms with van der Waals surface area (Å²) in [6, 6.07) is 7.68. The maximum atomic E-state index is 10.8. The molecule has 0 spiro atoms. The summed E-state index contributed by atoms with van der Waals surface area (Å²) >= 11 is 7.65. The Hall–Kier alpha value is -0.730. The minimum Gasteiger partial charge on any atom is -0.298 e. The van der Waals surface area contributed by atoms with E-state index in [2.05, 4.69) is 0 Å². The van der Waals surface area contributed by atoms with Crippen LogP contribution in [0.15, 0.2) is 35.9 Å². The highest BCUT2D eigenvalue weighted by Crippen LogP contribution is 2.40. The fraction of sp³-hybridized carbons (Fsp3) is 0.182. The van der Waals surface area contributed by atoms with Crippen molar-refractivity contribution in [1.29, 1.82) is 0 Å². The number of halogens is 1. The standard InChI is InChI=1S/C11H9ClOS/c12-10-3-1-2-8(6-10)11-9(7-13)4-5-14-11/h1-4,6-7,11H,5H2/t11-/m0/s1. The Bertz CT molecular complexity index is 387. The van der Waals surface area contributed by atoms with Crippen molar-refractivity contribution in [3.8, 4) is 0 Å². The third kappa shape index (κ3) is 1.86. The molecule has 0 aliphatic carbocycles. The molecule has 0 fully saturated rings. The molecule has 72 valence electrons. The molecule has 0 amide bonds. The van der Waals surface area contributed by atoms with Crippen molar-refractivity contribution in [1.82, 2.24) is 0 Å². The predicted molar refractivity (Wildman–Crippen MR) is 60.8 cm³/mol. The molecule has 1 aliphatic rings. The molecule has 0 aromatic heterocycles. The third-order valence-electron chi connectivity index (χ3n) is 2.17. The van der Waals surface area contributed by atoms with E-state index < -0.39 is 0 Å². The highest BCUT2D eigenvalue weighted by Gasteiger charge is 2.21. The van der Waals surface area contributed by atoms with Gasteiger partial charge in [0.2, 0.25) is 0 Å². The van der Waals surface area contributed by atoms with Gasteiger partial charge < -0.3 is 0 Å². The first-order valence-electron chi connectivity index (χ1n) is 4.33. The van der Waals surface area contributed by atoms with E-state index >= 15 is 0 Å². The Kier molecular flexibility index (Phi) is 2.94. The molecule has 1 aliphatic heterocycles. The quantitative estimate of drug-likeness (QED) is 0.718. The van der Waals surface area contributed by atoms with Crippen LogP contribution in [0.2, 0.25) is 5.02 Å². The Balaban J connectivity index is 2.31. The number of benzene rings is 1. The molecular formula is C11H9ClOS. The van der Waals surface area contributed by atoms with E-state index in [1.165, 1.54) is 0 Å². The molecular weight excluding hydrogens is 216 g/mol. The molecule has 14 heavy (non-hydrogen) atoms. The molecule has 1 aromatic carbocycles. The molecule has 0 bridgehead atoms. The van der Waals surface area contributed by atoms with Crippen LogP contribution in [0.4, 0.5) is 0 Å². The fourth-order valence-corrected chi connectivity index (χ4v) is 2.88. The zero-order valence-electron chi connectivity index (χ0n) is 7.44. The average molecular weight is 225 g/mol. The minimum atomic E-state index is 0.172. The molecule has 1 aromatic rings. The Morgan fingerprint density at radius 1 is 1.50 bits per heavy atom. The summed E-state index contributed by atoms with van der Waals surface area (Å²) in [5.41, 5.74) is 1.97. The Morgan fingerprint density at radius 2 is 2.36 bits per heavy atom. The van der Waals surface area contributed by atoms with E-state index in [1.807, 2.05) is 30.3 Å². The van der Waals surface area contributed by atoms with Crippen molar-refractivity contribution in [2.24, 2.45) is 0 Å². The molecule has 3 heteroatoms. The van der Waals surface area contributed by atoms with Gasteiger partial charge in [0.15, 0.2) is 0 Å². The number of thioether (sulfide) groups is 1. The first-order valence-corrected chi connectivity index (χ1v) is 5.76. The average Bonchev–Trinajstić information content (AvgIpc) is 2.65. The van der Waals surface area contributed by atoms with Crippen LogP contribution in [-0.4, -0.2) is 12.0 Å². The number of carbonyl (C=O) groups excluding carboxylic acids is 1. The largest absolute Gasteiger partial charge is 0.298 e. The van der Waals surface area contributed by atoms with Gasteiger partial charge >= 0.3 is 0 Å². The molecule has 0 N–H and O–H groups in total. The van der Waals surface area contributed by atoms with Gasteiger partial charge in [0.05, 0.1) is 5.25 Å². The maximum Gasteiger partial charge on any atom is 0.147 e. The fourth-order valence-electron chi connectivity index (χ4n) is 1.51. The number of carbonyl (C=O) groups is 1. The van der Waals surface area contributed by atoms with Crippen LogP contribution in [-0.2, 0) is 4.79 Å². The zero-order chi connectivity index (χ0) is 9.97. The molecule has 0 saturated heterocycles. The second kappa shape index (κ2) is 4.20. The van der Waals surface area contributed by atoms with Crippen molar-refractivity contribution in [2.75, 3.05) is 5.75 Å². The van der Waals surface area contributed by atoms with Gasteiger partial charge in [-0.15, -0.1) is 11.8 Å². The maximum absolute atomic E-state index is 10.8. The lowest BCUT2D eigenvalue weighted by Gasteiger charge is -2.10. The first-order chi connectivity index (χ1) is 6.81. The predicted octanol–water partition coefficient (Wildman–Crippen LogP) is 3.25. The molecule has 2 rings (SSSR count). The van der Waals surface area contributed by atoms with E-state index in [4.69, 9.17) is 11.6 Å². The molecule has 1 nitrogen and oxygen atoms in total. The molecule has 0 radical (unpaired) electrons. The number of hydrogen-bond donors (Lipinski definition) is 0. The lowest BCUT2D eigenvalue weighted by Crippen LogP contribution is -1.95. The van der Waals surface area contributed by atoms with Crippen LogP contribution < -0.4 is 0 Å². The molecule has 0 unspecified atom stereocenters. The molecule has 1 heterocycles. The van der Waals surface area contributed by atoms with Crippen LogP contribution in [0.3, 0.4) is 0 Å². The highest BCUT2D eigenvalue weighted by atomic mass is 35.5. The van der Waals surface area contributed by atoms with Crippen LogP contribution in [0.25, 0.3) is 0 Å². The van der Waals surface area contributed by atoms with E-state index in [1.54, 1.807) is 11.8 Å². The van der Waals surface area contributed by atoms with Crippen molar-refractivity contribution in [3.63, 3.8) is 0 Å². The molecule has 0 saturated carbocycles. The van der Waals surface area contributed by atoms with Gasteiger partial charge in [-0.1, -0.05) is 29.8 Å². The van der Waals surface area contributed by atoms with Crippen LogP contribution in [0, 0.1) is 0 Å². The van der Waals surface area contributed by atoms with Gasteiger partial charge in [-0.25, -0.2) is 0 Å². The van der Waals surface area contributed by atoms with E-state index in [0.717, 1.165) is 28.2 Å². The second-order valence-electron chi connectivity index (χ2n) is 3.09. The van der Waals surface area contributed by atoms with Crippen molar-refractivity contribution in [3.05, 3.63) is 46.5 Å². The highest BCUT2D eigenvalue weighted by molar-refractivity contribution is 8.00. The van der Waals surface area contributed by atoms with Gasteiger partial charge in [0, 0.05) is 16.3 Å². The summed E-state index contributed by atoms with van der Waals surface area (Å²) < 4.78 is 0. The summed E-state index contributed by atoms with van der Waals surface area (Å²) in [5.74, 6) is 0.908. The normalized spacial score (nSPS) is 20.6. The van der Waals surface area contributed by atoms with E-state index in [9.17, 15) is 4.79 Å². The van der Waals surface area contributed by atoms with Crippen LogP contribution in [0.5, 0.6) is 0 Å². The number of hydrogen-bond acceptors (Lipinski definition) is 2. The zero-order valence-corrected chi connectivity index (χ0v) is 9.02. The SMILES string of the molecule is O=CC1=CCS[C@H]1c1cccc(Cl)c1. The summed E-state index contributed by atoms with van der Waals surface area (Å²) in [7, 11) is 0. The van der Waals surface area contributed by atoms with Crippen molar-refractivity contribution >= 4 is 29.6 Å². The van der Waals surface area contributed by atoms with Crippen molar-refractivity contribution < 1.29 is 4.79 Å². The van der Waals surface area contributed by atoms with E-state index in [0.29, 0.717) is 0 Å². The van der Waals surface area contributed by atoms with Crippen molar-refractivity contribution in [2.45, 2.75) is 5.25 Å². The number of rotatable bonds is 2. The Labute approximate surface area is 92.1 Å². The summed E-state index contributed by atoms with van der Waals surface area (Å²) in [6.07, 6.45) is 2.91. The monoisotopic (exact) mass is 224 g/mol. The third-order valence-corrected chi connectivity index (χ3v) is 3.64. The topological polar surface area (TPSA) is 17.1 Å². The molecule has 1 atom stereocenters. The lowest BCUT2D eigenvalue weighted by atomic mass is 10.1. The van der Waals surface area contributed by atoms with Gasteiger partial charge in [-0.05, 0) is 17.7 Å². The lowest BCUT2D eigenvalue weighted by molar-refractivity contribution is -0.105. The van der Waals surface area contributed by atoms with Crippen LogP contribution >= 0.6 is 23.4 Å². The van der Waals surface area contributed by atoms with Gasteiger partial charge in [-0.2, -0.15) is 0 Å². The number of aldehydes is 1. The minimum absolute atomic E-state index is 0.172. The van der Waals surface area contributed by atoms with Crippen LogP contribution in [0.1, 0.15) is 10.8 Å². The van der Waals surface area contributed by atoms with Gasteiger partial charge in [-0.3, -0.25) is 4.79 Å². The second-order valence-corrected chi connectivity index (χ2v) is 4.66. The summed E-state index contributed by atoms with van der Waals surface area (Å²) in [6.45, 7) is 0. The summed E-state index contributed by atoms with van der Waals surface area (Å²) in [4.78, 5) is 10.8. The smallest absolute Gasteiger partial charge is 0.147 e. The van der Waals surface area contributed by atoms with Gasteiger partial charge in [0.1, 0.15) is 6.29 Å². The summed E-state index contributed by atoms with van der Waals surface area (Å²) in [5, 5.41) is 0.895. The van der Waals surface area contributed by atoms with Gasteiger partial charge in [0.25, 0.3) is 0 Å².